The molecule has 0 spiro atoms. The third kappa shape index (κ3) is 2.28. The molecular formula is C5H14N2O2. The normalized spacial score (nSPS) is 18.0. The van der Waals surface area contributed by atoms with E-state index >= 15 is 0 Å². The van der Waals surface area contributed by atoms with Gasteiger partial charge in [0.2, 0.25) is 5.91 Å². The Morgan fingerprint density at radius 2 is 2.11 bits per heavy atom. The summed E-state index contributed by atoms with van der Waals surface area (Å²) in [6, 6.07) is 0. The Bertz CT molecular complexity index is 85.0. The summed E-state index contributed by atoms with van der Waals surface area (Å²) in [7, 11) is 4.82. The SMILES string of the molecule is CNN(C)C(C)(O)OC. The molecule has 0 radical (unpaired) electrons. The zero-order chi connectivity index (χ0) is 7.49. The molecule has 0 aromatic rings. The Morgan fingerprint density at radius 1 is 1.67 bits per heavy atom. The minimum Gasteiger partial charge on any atom is -0.352 e. The van der Waals surface area contributed by atoms with Crippen molar-refractivity contribution in [1.82, 2.24) is 10.4 Å². The molecule has 1 unspecified atom stereocenters. The maximum Gasteiger partial charge on any atom is 0.236 e. The van der Waals surface area contributed by atoms with Crippen molar-refractivity contribution in [3.05, 3.63) is 0 Å². The first-order valence-electron chi connectivity index (χ1n) is 2.73. The van der Waals surface area contributed by atoms with Crippen molar-refractivity contribution < 1.29 is 9.84 Å². The van der Waals surface area contributed by atoms with Gasteiger partial charge in [0, 0.05) is 21.1 Å². The van der Waals surface area contributed by atoms with Gasteiger partial charge in [-0.15, -0.1) is 0 Å². The molecular weight excluding hydrogens is 120 g/mol. The first-order chi connectivity index (χ1) is 4.04. The molecule has 0 aromatic heterocycles. The third-order valence-corrected chi connectivity index (χ3v) is 1.34. The Balaban J connectivity index is 3.80. The molecule has 0 bridgehead atoms. The highest BCUT2D eigenvalue weighted by Crippen LogP contribution is 2.04. The van der Waals surface area contributed by atoms with Gasteiger partial charge in [0.05, 0.1) is 0 Å². The summed E-state index contributed by atoms with van der Waals surface area (Å²) in [5.74, 6) is -1.23. The number of hydrogen-bond donors (Lipinski definition) is 2. The maximum atomic E-state index is 9.23. The molecule has 4 heteroatoms. The van der Waals surface area contributed by atoms with E-state index in [1.807, 2.05) is 0 Å². The summed E-state index contributed by atoms with van der Waals surface area (Å²) >= 11 is 0. The van der Waals surface area contributed by atoms with E-state index in [0.29, 0.717) is 0 Å². The number of aliphatic hydroxyl groups is 1. The van der Waals surface area contributed by atoms with Gasteiger partial charge in [0.15, 0.2) is 0 Å². The summed E-state index contributed by atoms with van der Waals surface area (Å²) in [5.41, 5.74) is 2.71. The molecule has 1 atom stereocenters. The van der Waals surface area contributed by atoms with Gasteiger partial charge in [0.25, 0.3) is 0 Å². The second kappa shape index (κ2) is 3.12. The highest BCUT2D eigenvalue weighted by molar-refractivity contribution is 4.51. The predicted molar refractivity (Wildman–Crippen MR) is 34.5 cm³/mol. The molecule has 0 aliphatic carbocycles. The van der Waals surface area contributed by atoms with E-state index in [1.54, 1.807) is 21.0 Å². The first kappa shape index (κ1) is 8.84. The number of nitrogens with one attached hydrogen (secondary N) is 1. The molecule has 4 nitrogen and oxygen atoms in total. The average molecular weight is 134 g/mol. The highest BCUT2D eigenvalue weighted by atomic mass is 16.6. The molecule has 0 amide bonds. The molecule has 0 aromatic carbocycles. The van der Waals surface area contributed by atoms with Crippen LogP contribution in [0.3, 0.4) is 0 Å². The van der Waals surface area contributed by atoms with E-state index in [0.717, 1.165) is 0 Å². The fraction of sp³-hybridized carbons (Fsp3) is 1.00. The second-order valence-electron chi connectivity index (χ2n) is 1.92. The molecule has 0 fully saturated rings. The van der Waals surface area contributed by atoms with Crippen LogP contribution < -0.4 is 5.43 Å². The van der Waals surface area contributed by atoms with Crippen molar-refractivity contribution in [2.75, 3.05) is 21.2 Å². The van der Waals surface area contributed by atoms with Crippen molar-refractivity contribution in [2.45, 2.75) is 12.8 Å². The fourth-order valence-electron chi connectivity index (χ4n) is 0.344. The number of ether oxygens (including phenoxy) is 1. The van der Waals surface area contributed by atoms with Gasteiger partial charge in [-0.2, -0.15) is 5.01 Å². The summed E-state index contributed by atoms with van der Waals surface area (Å²) in [6.45, 7) is 1.55. The monoisotopic (exact) mass is 134 g/mol. The van der Waals surface area contributed by atoms with E-state index in [2.05, 4.69) is 5.43 Å². The topological polar surface area (TPSA) is 44.7 Å². The molecule has 0 heterocycles. The highest BCUT2D eigenvalue weighted by Gasteiger charge is 2.23. The van der Waals surface area contributed by atoms with Crippen LogP contribution in [0.25, 0.3) is 0 Å². The lowest BCUT2D eigenvalue weighted by Gasteiger charge is -2.30. The van der Waals surface area contributed by atoms with Gasteiger partial charge in [-0.1, -0.05) is 0 Å². The van der Waals surface area contributed by atoms with Gasteiger partial charge in [-0.3, -0.25) is 5.43 Å². The Labute approximate surface area is 55.4 Å². The van der Waals surface area contributed by atoms with E-state index in [9.17, 15) is 5.11 Å². The van der Waals surface area contributed by atoms with Crippen LogP contribution in [0, 0.1) is 0 Å². The molecule has 0 saturated heterocycles. The van der Waals surface area contributed by atoms with Crippen LogP contribution in [-0.4, -0.2) is 37.2 Å². The van der Waals surface area contributed by atoms with Crippen LogP contribution in [-0.2, 0) is 4.74 Å². The van der Waals surface area contributed by atoms with Crippen molar-refractivity contribution in [1.29, 1.82) is 0 Å². The summed E-state index contributed by atoms with van der Waals surface area (Å²) < 4.78 is 4.71. The zero-order valence-corrected chi connectivity index (χ0v) is 6.30. The van der Waals surface area contributed by atoms with Gasteiger partial charge in [-0.05, 0) is 7.05 Å². The van der Waals surface area contributed by atoms with Crippen LogP contribution >= 0.6 is 0 Å². The van der Waals surface area contributed by atoms with Crippen molar-refractivity contribution >= 4 is 0 Å². The lowest BCUT2D eigenvalue weighted by atomic mass is 10.5. The zero-order valence-electron chi connectivity index (χ0n) is 6.30. The van der Waals surface area contributed by atoms with Gasteiger partial charge in [0.1, 0.15) is 0 Å². The Hall–Kier alpha value is -0.160. The predicted octanol–water partition coefficient (Wildman–Crippen LogP) is -0.635. The molecule has 9 heavy (non-hydrogen) atoms. The standard InChI is InChI=1S/C5H14N2O2/c1-5(8,9-4)7(3)6-2/h6,8H,1-4H3. The molecule has 0 aliphatic rings. The van der Waals surface area contributed by atoms with E-state index in [-0.39, 0.29) is 0 Å². The van der Waals surface area contributed by atoms with Crippen molar-refractivity contribution in [3.63, 3.8) is 0 Å². The third-order valence-electron chi connectivity index (χ3n) is 1.34. The minimum absolute atomic E-state index is 1.23. The summed E-state index contributed by atoms with van der Waals surface area (Å²) in [6.07, 6.45) is 0. The molecule has 0 saturated carbocycles. The van der Waals surface area contributed by atoms with E-state index < -0.39 is 5.91 Å². The molecule has 0 rings (SSSR count). The van der Waals surface area contributed by atoms with Crippen LogP contribution in [0.15, 0.2) is 0 Å². The van der Waals surface area contributed by atoms with Crippen LogP contribution in [0.1, 0.15) is 6.92 Å². The van der Waals surface area contributed by atoms with Gasteiger partial charge in [-0.25, -0.2) is 0 Å². The largest absolute Gasteiger partial charge is 0.352 e. The molecule has 2 N–H and O–H groups in total. The van der Waals surface area contributed by atoms with E-state index in [1.165, 1.54) is 12.1 Å². The maximum absolute atomic E-state index is 9.23. The van der Waals surface area contributed by atoms with Crippen molar-refractivity contribution in [3.8, 4) is 0 Å². The lowest BCUT2D eigenvalue weighted by Crippen LogP contribution is -2.51. The fourth-order valence-corrected chi connectivity index (χ4v) is 0.344. The summed E-state index contributed by atoms with van der Waals surface area (Å²) in [4.78, 5) is 0. The van der Waals surface area contributed by atoms with Crippen LogP contribution in [0.4, 0.5) is 0 Å². The van der Waals surface area contributed by atoms with Crippen molar-refractivity contribution in [2.24, 2.45) is 0 Å². The number of hydrazine groups is 1. The Kier molecular flexibility index (Phi) is 3.07. The van der Waals surface area contributed by atoms with Crippen LogP contribution in [0.5, 0.6) is 0 Å². The van der Waals surface area contributed by atoms with Gasteiger partial charge >= 0.3 is 0 Å². The smallest absolute Gasteiger partial charge is 0.236 e. The second-order valence-corrected chi connectivity index (χ2v) is 1.92. The Morgan fingerprint density at radius 3 is 2.22 bits per heavy atom. The minimum atomic E-state index is -1.23. The molecule has 56 valence electrons. The number of rotatable bonds is 3. The summed E-state index contributed by atoms with van der Waals surface area (Å²) in [5, 5.41) is 10.7. The number of hydrogen-bond acceptors (Lipinski definition) is 4. The quantitative estimate of drug-likeness (QED) is 0.398. The molecule has 0 aliphatic heterocycles. The average Bonchev–Trinajstić information content (AvgIpc) is 1.86. The lowest BCUT2D eigenvalue weighted by molar-refractivity contribution is -0.273. The number of methoxy groups -OCH3 is 1. The van der Waals surface area contributed by atoms with Crippen LogP contribution in [0.2, 0.25) is 0 Å². The van der Waals surface area contributed by atoms with Gasteiger partial charge < -0.3 is 9.84 Å². The first-order valence-corrected chi connectivity index (χ1v) is 2.73. The number of nitrogens with zero attached hydrogens (tertiary/aromatic N) is 1. The van der Waals surface area contributed by atoms with E-state index in [4.69, 9.17) is 4.74 Å².